The lowest BCUT2D eigenvalue weighted by molar-refractivity contribution is -0.559. The normalized spacial score (nSPS) is 22.8. The van der Waals surface area contributed by atoms with Crippen molar-refractivity contribution < 1.29 is 76.9 Å². The van der Waals surface area contributed by atoms with E-state index in [0.29, 0.717) is 36.5 Å². The van der Waals surface area contributed by atoms with Crippen molar-refractivity contribution in [2.24, 2.45) is 0 Å². The SMILES string of the molecule is O=C1C=CC(=O)OC(COCCO)(OC2(C3(O)OC(=O)C=CC(=O)O3)OC(=O)C=CC(=O)O2)O1. The Labute approximate surface area is 187 Å². The van der Waals surface area contributed by atoms with Crippen molar-refractivity contribution in [3.63, 3.8) is 0 Å². The quantitative estimate of drug-likeness (QED) is 0.207. The molecule has 0 saturated heterocycles. The van der Waals surface area contributed by atoms with Crippen molar-refractivity contribution in [1.29, 1.82) is 0 Å². The third kappa shape index (κ3) is 5.26. The van der Waals surface area contributed by atoms with Crippen molar-refractivity contribution in [3.05, 3.63) is 36.5 Å². The number of aliphatic hydroxyl groups is 2. The van der Waals surface area contributed by atoms with Crippen LogP contribution in [0.25, 0.3) is 0 Å². The average Bonchev–Trinajstić information content (AvgIpc) is 3.05. The highest BCUT2D eigenvalue weighted by atomic mass is 17.0. The summed E-state index contributed by atoms with van der Waals surface area (Å²) in [6, 6.07) is 0. The summed E-state index contributed by atoms with van der Waals surface area (Å²) in [7, 11) is 0. The minimum atomic E-state index is -3.90. The molecule has 0 saturated carbocycles. The number of ether oxygens (including phenoxy) is 8. The molecule has 0 aliphatic carbocycles. The summed E-state index contributed by atoms with van der Waals surface area (Å²) in [6.07, 6.45) is 3.12. The zero-order valence-corrected chi connectivity index (χ0v) is 16.7. The van der Waals surface area contributed by atoms with Gasteiger partial charge in [0.25, 0.3) is 0 Å². The summed E-state index contributed by atoms with van der Waals surface area (Å²) in [5, 5.41) is 19.9. The zero-order valence-electron chi connectivity index (χ0n) is 16.7. The maximum Gasteiger partial charge on any atom is 0.497 e. The lowest BCUT2D eigenvalue weighted by Gasteiger charge is -2.42. The third-order valence-electron chi connectivity index (χ3n) is 3.72. The van der Waals surface area contributed by atoms with Crippen LogP contribution in [-0.4, -0.2) is 83.8 Å². The summed E-state index contributed by atoms with van der Waals surface area (Å²) in [5.74, 6) is -19.5. The molecule has 0 fully saturated rings. The first-order chi connectivity index (χ1) is 16.0. The van der Waals surface area contributed by atoms with Crippen LogP contribution in [-0.2, 0) is 66.7 Å². The lowest BCUT2D eigenvalue weighted by atomic mass is 10.4. The number of hydrogen-bond acceptors (Lipinski definition) is 16. The Morgan fingerprint density at radius 2 is 1.03 bits per heavy atom. The lowest BCUT2D eigenvalue weighted by Crippen LogP contribution is -2.68. The number of aliphatic hydroxyl groups excluding tert-OH is 1. The topological polar surface area (TPSA) is 217 Å². The molecule has 0 bridgehead atoms. The minimum absolute atomic E-state index is 0.458. The zero-order chi connectivity index (χ0) is 25.0. The van der Waals surface area contributed by atoms with Crippen LogP contribution in [0.15, 0.2) is 36.5 Å². The molecule has 3 aliphatic rings. The first-order valence-corrected chi connectivity index (χ1v) is 9.04. The van der Waals surface area contributed by atoms with Crippen molar-refractivity contribution in [1.82, 2.24) is 0 Å². The number of hydrogen-bond donors (Lipinski definition) is 2. The van der Waals surface area contributed by atoms with Crippen LogP contribution >= 0.6 is 0 Å². The molecule has 0 radical (unpaired) electrons. The summed E-state index contributed by atoms with van der Waals surface area (Å²) in [4.78, 5) is 72.3. The predicted molar refractivity (Wildman–Crippen MR) is 93.4 cm³/mol. The van der Waals surface area contributed by atoms with Gasteiger partial charge >= 0.3 is 53.7 Å². The molecule has 0 aromatic rings. The van der Waals surface area contributed by atoms with Crippen molar-refractivity contribution >= 4 is 35.8 Å². The van der Waals surface area contributed by atoms with E-state index in [4.69, 9.17) is 33.5 Å². The van der Waals surface area contributed by atoms with Crippen LogP contribution in [0.2, 0.25) is 0 Å². The van der Waals surface area contributed by atoms with E-state index in [1.807, 2.05) is 0 Å². The fraction of sp³-hybridized carbons (Fsp3) is 0.333. The molecule has 3 rings (SSSR count). The third-order valence-corrected chi connectivity index (χ3v) is 3.72. The Kier molecular flexibility index (Phi) is 6.78. The van der Waals surface area contributed by atoms with Gasteiger partial charge in [-0.05, 0) is 0 Å². The minimum Gasteiger partial charge on any atom is -0.394 e. The number of esters is 6. The molecule has 0 spiro atoms. The van der Waals surface area contributed by atoms with Crippen LogP contribution in [0.1, 0.15) is 0 Å². The summed E-state index contributed by atoms with van der Waals surface area (Å²) >= 11 is 0. The van der Waals surface area contributed by atoms with Gasteiger partial charge in [0, 0.05) is 36.5 Å². The van der Waals surface area contributed by atoms with Gasteiger partial charge in [-0.3, -0.25) is 0 Å². The van der Waals surface area contributed by atoms with Crippen molar-refractivity contribution in [3.8, 4) is 0 Å². The van der Waals surface area contributed by atoms with Crippen LogP contribution in [0, 0.1) is 0 Å². The van der Waals surface area contributed by atoms with Crippen molar-refractivity contribution in [2.75, 3.05) is 19.8 Å². The molecule has 3 heterocycles. The maximum absolute atomic E-state index is 12.2. The van der Waals surface area contributed by atoms with E-state index in [9.17, 15) is 33.9 Å². The number of rotatable bonds is 7. The van der Waals surface area contributed by atoms with Gasteiger partial charge in [0.15, 0.2) is 6.61 Å². The average molecular weight is 486 g/mol. The molecular formula is C18H14O16. The van der Waals surface area contributed by atoms with Crippen LogP contribution in [0.5, 0.6) is 0 Å². The predicted octanol–water partition coefficient (Wildman–Crippen LogP) is -3.07. The van der Waals surface area contributed by atoms with E-state index in [-0.39, 0.29) is 0 Å². The maximum atomic E-state index is 12.2. The highest BCUT2D eigenvalue weighted by Crippen LogP contribution is 2.40. The molecule has 0 atom stereocenters. The van der Waals surface area contributed by atoms with Gasteiger partial charge in [0.1, 0.15) is 0 Å². The van der Waals surface area contributed by atoms with E-state index < -0.39 is 73.6 Å². The van der Waals surface area contributed by atoms with Gasteiger partial charge in [0.2, 0.25) is 0 Å². The summed E-state index contributed by atoms with van der Waals surface area (Å²) in [6.45, 7) is -2.15. The molecule has 0 amide bonds. The van der Waals surface area contributed by atoms with Gasteiger partial charge < -0.3 is 43.4 Å². The Morgan fingerprint density at radius 1 is 0.647 bits per heavy atom. The molecule has 2 N–H and O–H groups in total. The van der Waals surface area contributed by atoms with E-state index in [0.717, 1.165) is 0 Å². The van der Waals surface area contributed by atoms with Crippen molar-refractivity contribution in [2.45, 2.75) is 17.9 Å². The summed E-state index contributed by atoms with van der Waals surface area (Å²) in [5.41, 5.74) is 0. The fourth-order valence-electron chi connectivity index (χ4n) is 2.48. The standard InChI is InChI=1S/C18H14O16/c19-7-8-27-9-16(28-10(20)1-2-11(21)29-16)34-18(32-14(24)5-6-15(25)33-18)17(26)30-12(22)3-4-13(23)31-17/h1-6,19,26H,7-9H2. The Hall–Kier alpha value is -4.12. The van der Waals surface area contributed by atoms with Crippen LogP contribution in [0.3, 0.4) is 0 Å². The Morgan fingerprint density at radius 3 is 1.44 bits per heavy atom. The van der Waals surface area contributed by atoms with E-state index >= 15 is 0 Å². The highest BCUT2D eigenvalue weighted by molar-refractivity contribution is 5.95. The second-order valence-corrected chi connectivity index (χ2v) is 6.23. The Bertz CT molecular complexity index is 943. The summed E-state index contributed by atoms with van der Waals surface area (Å²) < 4.78 is 38.6. The number of carbonyl (C=O) groups excluding carboxylic acids is 6. The van der Waals surface area contributed by atoms with Gasteiger partial charge in [-0.2, -0.15) is 0 Å². The molecule has 0 aromatic heterocycles. The van der Waals surface area contributed by atoms with Gasteiger partial charge in [0.05, 0.1) is 13.2 Å². The molecule has 16 nitrogen and oxygen atoms in total. The fourth-order valence-corrected chi connectivity index (χ4v) is 2.48. The second-order valence-electron chi connectivity index (χ2n) is 6.23. The van der Waals surface area contributed by atoms with E-state index in [2.05, 4.69) is 9.47 Å². The number of carbonyl (C=O) groups is 6. The number of cyclic esters (lactones) is 6. The first-order valence-electron chi connectivity index (χ1n) is 9.04. The van der Waals surface area contributed by atoms with E-state index in [1.54, 1.807) is 0 Å². The molecule has 182 valence electrons. The molecule has 3 aliphatic heterocycles. The van der Waals surface area contributed by atoms with Crippen LogP contribution in [0.4, 0.5) is 0 Å². The highest BCUT2D eigenvalue weighted by Gasteiger charge is 2.72. The molecule has 16 heteroatoms. The molecule has 34 heavy (non-hydrogen) atoms. The molecular weight excluding hydrogens is 472 g/mol. The Balaban J connectivity index is 2.14. The molecule has 0 aromatic carbocycles. The monoisotopic (exact) mass is 486 g/mol. The largest absolute Gasteiger partial charge is 0.497 e. The first kappa shape index (κ1) is 24.5. The van der Waals surface area contributed by atoms with Gasteiger partial charge in [-0.15, -0.1) is 0 Å². The van der Waals surface area contributed by atoms with E-state index in [1.165, 1.54) is 0 Å². The van der Waals surface area contributed by atoms with Crippen LogP contribution < -0.4 is 0 Å². The second kappa shape index (κ2) is 9.40. The van der Waals surface area contributed by atoms with Gasteiger partial charge in [-0.1, -0.05) is 0 Å². The molecule has 0 unspecified atom stereocenters. The smallest absolute Gasteiger partial charge is 0.394 e. The van der Waals surface area contributed by atoms with Gasteiger partial charge in [-0.25, -0.2) is 33.5 Å².